The van der Waals surface area contributed by atoms with Crippen molar-refractivity contribution in [2.75, 3.05) is 25.6 Å². The topological polar surface area (TPSA) is 88.1 Å². The molecular weight excluding hydrogens is 326 g/mol. The quantitative estimate of drug-likeness (QED) is 0.842. The van der Waals surface area contributed by atoms with E-state index in [1.54, 1.807) is 4.68 Å². The van der Waals surface area contributed by atoms with Gasteiger partial charge in [-0.15, -0.1) is 5.10 Å². The highest BCUT2D eigenvalue weighted by Gasteiger charge is 2.19. The lowest BCUT2D eigenvalue weighted by Crippen LogP contribution is -2.32. The summed E-state index contributed by atoms with van der Waals surface area (Å²) >= 11 is 3.47. The number of rotatable bonds is 3. The minimum atomic E-state index is -0.0363. The van der Waals surface area contributed by atoms with E-state index >= 15 is 0 Å². The monoisotopic (exact) mass is 339 g/mol. The van der Waals surface area contributed by atoms with E-state index < -0.39 is 0 Å². The van der Waals surface area contributed by atoms with Crippen LogP contribution in [0.2, 0.25) is 0 Å². The van der Waals surface area contributed by atoms with Gasteiger partial charge in [-0.1, -0.05) is 6.07 Å². The fourth-order valence-electron chi connectivity index (χ4n) is 2.08. The Morgan fingerprint density at radius 1 is 1.40 bits per heavy atom. The average Bonchev–Trinajstić information content (AvgIpc) is 2.91. The molecule has 0 amide bonds. The minimum Gasteiger partial charge on any atom is -0.398 e. The van der Waals surface area contributed by atoms with Crippen LogP contribution in [0.25, 0.3) is 11.4 Å². The second-order valence-electron chi connectivity index (χ2n) is 4.46. The highest BCUT2D eigenvalue weighted by Crippen LogP contribution is 2.31. The van der Waals surface area contributed by atoms with E-state index in [-0.39, 0.29) is 6.10 Å². The number of nitrogens with two attached hydrogens (primary N) is 1. The van der Waals surface area contributed by atoms with Gasteiger partial charge in [0.1, 0.15) is 6.10 Å². The summed E-state index contributed by atoms with van der Waals surface area (Å²) in [6.45, 7) is 2.34. The number of tetrazole rings is 1. The summed E-state index contributed by atoms with van der Waals surface area (Å²) in [5.74, 6) is 0.651. The normalized spacial score (nSPS) is 19.1. The summed E-state index contributed by atoms with van der Waals surface area (Å²) in [4.78, 5) is 0. The van der Waals surface area contributed by atoms with Crippen molar-refractivity contribution in [2.24, 2.45) is 0 Å². The SMILES string of the molecule is Nc1cccc(-c2nnnn2CC2COCCO2)c1Br. The lowest BCUT2D eigenvalue weighted by atomic mass is 10.2. The molecule has 0 saturated carbocycles. The van der Waals surface area contributed by atoms with E-state index in [1.807, 2.05) is 18.2 Å². The first-order valence-corrected chi connectivity index (χ1v) is 7.05. The van der Waals surface area contributed by atoms with Crippen molar-refractivity contribution in [3.05, 3.63) is 22.7 Å². The third-order valence-electron chi connectivity index (χ3n) is 3.06. The molecule has 106 valence electrons. The number of nitrogen functional groups attached to an aromatic ring is 1. The van der Waals surface area contributed by atoms with Crippen molar-refractivity contribution in [3.63, 3.8) is 0 Å². The van der Waals surface area contributed by atoms with Crippen LogP contribution in [-0.2, 0) is 16.0 Å². The van der Waals surface area contributed by atoms with Gasteiger partial charge in [-0.05, 0) is 38.5 Å². The lowest BCUT2D eigenvalue weighted by molar-refractivity contribution is -0.0946. The number of anilines is 1. The molecule has 7 nitrogen and oxygen atoms in total. The number of aromatic nitrogens is 4. The Balaban J connectivity index is 1.87. The zero-order chi connectivity index (χ0) is 13.9. The molecule has 2 N–H and O–H groups in total. The molecule has 0 spiro atoms. The smallest absolute Gasteiger partial charge is 0.183 e. The van der Waals surface area contributed by atoms with Crippen LogP contribution < -0.4 is 5.73 Å². The van der Waals surface area contributed by atoms with E-state index in [0.29, 0.717) is 37.9 Å². The van der Waals surface area contributed by atoms with Gasteiger partial charge in [-0.3, -0.25) is 0 Å². The Morgan fingerprint density at radius 3 is 3.10 bits per heavy atom. The van der Waals surface area contributed by atoms with E-state index in [9.17, 15) is 0 Å². The third kappa shape index (κ3) is 2.67. The van der Waals surface area contributed by atoms with Crippen molar-refractivity contribution < 1.29 is 9.47 Å². The fourth-order valence-corrected chi connectivity index (χ4v) is 2.52. The summed E-state index contributed by atoms with van der Waals surface area (Å²) in [5, 5.41) is 11.8. The standard InChI is InChI=1S/C12H14BrN5O2/c13-11-9(2-1-3-10(11)14)12-15-16-17-18(12)6-8-7-19-4-5-20-8/h1-3,8H,4-7,14H2. The van der Waals surface area contributed by atoms with E-state index in [4.69, 9.17) is 15.2 Å². The molecule has 1 saturated heterocycles. The van der Waals surface area contributed by atoms with Gasteiger partial charge in [0.15, 0.2) is 5.82 Å². The molecule has 1 unspecified atom stereocenters. The first kappa shape index (κ1) is 13.5. The number of ether oxygens (including phenoxy) is 2. The maximum absolute atomic E-state index is 5.89. The van der Waals surface area contributed by atoms with E-state index in [2.05, 4.69) is 31.5 Å². The van der Waals surface area contributed by atoms with Gasteiger partial charge in [0.25, 0.3) is 0 Å². The highest BCUT2D eigenvalue weighted by molar-refractivity contribution is 9.10. The molecule has 1 aliphatic heterocycles. The summed E-state index contributed by atoms with van der Waals surface area (Å²) in [6, 6.07) is 5.61. The molecule has 1 aliphatic rings. The largest absolute Gasteiger partial charge is 0.398 e. The molecule has 0 aliphatic carbocycles. The maximum atomic E-state index is 5.89. The van der Waals surface area contributed by atoms with Gasteiger partial charge in [-0.2, -0.15) is 0 Å². The number of halogens is 1. The molecule has 20 heavy (non-hydrogen) atoms. The molecule has 1 aromatic carbocycles. The zero-order valence-corrected chi connectivity index (χ0v) is 12.3. The first-order chi connectivity index (χ1) is 9.75. The van der Waals surface area contributed by atoms with Crippen LogP contribution in [0.1, 0.15) is 0 Å². The Morgan fingerprint density at radius 2 is 2.30 bits per heavy atom. The molecule has 0 bridgehead atoms. The van der Waals surface area contributed by atoms with Crippen LogP contribution in [0.3, 0.4) is 0 Å². The van der Waals surface area contributed by atoms with Crippen molar-refractivity contribution in [2.45, 2.75) is 12.6 Å². The number of nitrogens with zero attached hydrogens (tertiary/aromatic N) is 4. The average molecular weight is 340 g/mol. The predicted molar refractivity (Wildman–Crippen MR) is 75.9 cm³/mol. The zero-order valence-electron chi connectivity index (χ0n) is 10.7. The maximum Gasteiger partial charge on any atom is 0.183 e. The molecule has 2 aromatic rings. The molecule has 0 radical (unpaired) electrons. The molecule has 1 aromatic heterocycles. The van der Waals surface area contributed by atoms with Crippen LogP contribution >= 0.6 is 15.9 Å². The van der Waals surface area contributed by atoms with E-state index in [1.165, 1.54) is 0 Å². The van der Waals surface area contributed by atoms with Crippen LogP contribution in [0, 0.1) is 0 Å². The first-order valence-electron chi connectivity index (χ1n) is 6.25. The van der Waals surface area contributed by atoms with Crippen molar-refractivity contribution >= 4 is 21.6 Å². The van der Waals surface area contributed by atoms with Crippen LogP contribution in [0.15, 0.2) is 22.7 Å². The second kappa shape index (κ2) is 5.86. The van der Waals surface area contributed by atoms with Crippen LogP contribution in [0.5, 0.6) is 0 Å². The molecule has 8 heteroatoms. The van der Waals surface area contributed by atoms with Crippen LogP contribution in [-0.4, -0.2) is 46.1 Å². The number of hydrogen-bond acceptors (Lipinski definition) is 6. The molecule has 2 heterocycles. The molecular formula is C12H14BrN5O2. The fraction of sp³-hybridized carbons (Fsp3) is 0.417. The van der Waals surface area contributed by atoms with Gasteiger partial charge < -0.3 is 15.2 Å². The summed E-state index contributed by atoms with van der Waals surface area (Å²) < 4.78 is 13.5. The number of benzene rings is 1. The Kier molecular flexibility index (Phi) is 3.95. The number of hydrogen-bond donors (Lipinski definition) is 1. The predicted octanol–water partition coefficient (Wildman–Crippen LogP) is 1.10. The van der Waals surface area contributed by atoms with Crippen LogP contribution in [0.4, 0.5) is 5.69 Å². The summed E-state index contributed by atoms with van der Waals surface area (Å²) in [6.07, 6.45) is -0.0363. The lowest BCUT2D eigenvalue weighted by Gasteiger charge is -2.22. The molecule has 3 rings (SSSR count). The minimum absolute atomic E-state index is 0.0363. The van der Waals surface area contributed by atoms with Gasteiger partial charge >= 0.3 is 0 Å². The van der Waals surface area contributed by atoms with Gasteiger partial charge in [0, 0.05) is 11.3 Å². The second-order valence-corrected chi connectivity index (χ2v) is 5.25. The van der Waals surface area contributed by atoms with Gasteiger partial charge in [0.05, 0.1) is 30.8 Å². The van der Waals surface area contributed by atoms with Gasteiger partial charge in [-0.25, -0.2) is 4.68 Å². The highest BCUT2D eigenvalue weighted by atomic mass is 79.9. The molecule has 1 atom stereocenters. The summed E-state index contributed by atoms with van der Waals surface area (Å²) in [7, 11) is 0. The summed E-state index contributed by atoms with van der Waals surface area (Å²) in [5.41, 5.74) is 7.39. The Labute approximate surface area is 124 Å². The molecule has 1 fully saturated rings. The van der Waals surface area contributed by atoms with E-state index in [0.717, 1.165) is 10.0 Å². The Hall–Kier alpha value is -1.51. The van der Waals surface area contributed by atoms with Crippen molar-refractivity contribution in [1.29, 1.82) is 0 Å². The van der Waals surface area contributed by atoms with Crippen molar-refractivity contribution in [1.82, 2.24) is 20.2 Å². The van der Waals surface area contributed by atoms with Gasteiger partial charge in [0.2, 0.25) is 0 Å². The Bertz CT molecular complexity index is 597. The third-order valence-corrected chi connectivity index (χ3v) is 3.95. The van der Waals surface area contributed by atoms with Crippen molar-refractivity contribution in [3.8, 4) is 11.4 Å².